The van der Waals surface area contributed by atoms with E-state index in [0.29, 0.717) is 18.7 Å². The molecule has 1 amide bonds. The molecule has 2 N–H and O–H groups in total. The van der Waals surface area contributed by atoms with Crippen LogP contribution in [0, 0.1) is 6.92 Å². The van der Waals surface area contributed by atoms with Gasteiger partial charge in [-0.25, -0.2) is 0 Å². The third-order valence-corrected chi connectivity index (χ3v) is 2.95. The first-order valence-electron chi connectivity index (χ1n) is 6.18. The van der Waals surface area contributed by atoms with E-state index in [0.717, 1.165) is 17.1 Å². The maximum atomic E-state index is 12.1. The van der Waals surface area contributed by atoms with Gasteiger partial charge in [0.05, 0.1) is 13.0 Å². The van der Waals surface area contributed by atoms with Gasteiger partial charge in [0.25, 0.3) is 0 Å². The minimum absolute atomic E-state index is 0.0545. The van der Waals surface area contributed by atoms with E-state index >= 15 is 0 Å². The van der Waals surface area contributed by atoms with Crippen LogP contribution < -0.4 is 5.73 Å². The first-order chi connectivity index (χ1) is 9.04. The zero-order chi connectivity index (χ0) is 13.8. The summed E-state index contributed by atoms with van der Waals surface area (Å²) in [7, 11) is 1.78. The van der Waals surface area contributed by atoms with E-state index in [1.54, 1.807) is 24.1 Å². The summed E-state index contributed by atoms with van der Waals surface area (Å²) in [5.41, 5.74) is 7.28. The Morgan fingerprint density at radius 2 is 1.89 bits per heavy atom. The van der Waals surface area contributed by atoms with E-state index in [1.165, 1.54) is 0 Å². The molecule has 0 bridgehead atoms. The van der Waals surface area contributed by atoms with Crippen LogP contribution in [0.5, 0.6) is 0 Å². The molecule has 1 heterocycles. The number of hydrogen-bond donors (Lipinski definition) is 1. The smallest absolute Gasteiger partial charge is 0.227 e. The molecule has 0 unspecified atom stereocenters. The summed E-state index contributed by atoms with van der Waals surface area (Å²) in [6, 6.07) is 11.1. The summed E-state index contributed by atoms with van der Waals surface area (Å²) < 4.78 is 5.46. The molecule has 100 valence electrons. The highest BCUT2D eigenvalue weighted by molar-refractivity contribution is 5.78. The first kappa shape index (κ1) is 13.2. The van der Waals surface area contributed by atoms with Crippen molar-refractivity contribution in [3.63, 3.8) is 0 Å². The number of amides is 1. The molecule has 4 nitrogen and oxygen atoms in total. The molecule has 0 aliphatic carbocycles. The molecule has 0 atom stereocenters. The van der Waals surface area contributed by atoms with Crippen LogP contribution in [0.3, 0.4) is 0 Å². The Morgan fingerprint density at radius 1 is 1.21 bits per heavy atom. The Labute approximate surface area is 112 Å². The van der Waals surface area contributed by atoms with E-state index in [-0.39, 0.29) is 5.91 Å². The van der Waals surface area contributed by atoms with Crippen LogP contribution in [0.25, 0.3) is 0 Å². The predicted octanol–water partition coefficient (Wildman–Crippen LogP) is 2.37. The average Bonchev–Trinajstić information content (AvgIpc) is 2.77. The van der Waals surface area contributed by atoms with Gasteiger partial charge in [0.2, 0.25) is 5.91 Å². The molecule has 4 heteroatoms. The highest BCUT2D eigenvalue weighted by Gasteiger charge is 2.11. The van der Waals surface area contributed by atoms with Gasteiger partial charge < -0.3 is 15.1 Å². The summed E-state index contributed by atoms with van der Waals surface area (Å²) >= 11 is 0. The number of rotatable bonds is 4. The van der Waals surface area contributed by atoms with E-state index in [2.05, 4.69) is 0 Å². The fourth-order valence-electron chi connectivity index (χ4n) is 1.84. The van der Waals surface area contributed by atoms with Crippen molar-refractivity contribution in [1.82, 2.24) is 4.90 Å². The van der Waals surface area contributed by atoms with Gasteiger partial charge in [0.1, 0.15) is 11.5 Å². The summed E-state index contributed by atoms with van der Waals surface area (Å²) in [5, 5.41) is 0. The number of furan rings is 1. The van der Waals surface area contributed by atoms with Crippen molar-refractivity contribution < 1.29 is 9.21 Å². The standard InChI is InChI=1S/C15H18N2O2/c1-11-3-8-14(19-11)10-17(2)15(18)9-12-4-6-13(16)7-5-12/h3-8H,9-10,16H2,1-2H3. The number of nitrogen functional groups attached to an aromatic ring is 1. The van der Waals surface area contributed by atoms with Crippen molar-refractivity contribution in [1.29, 1.82) is 0 Å². The van der Waals surface area contributed by atoms with Crippen molar-refractivity contribution in [3.8, 4) is 0 Å². The van der Waals surface area contributed by atoms with Crippen LogP contribution in [-0.2, 0) is 17.8 Å². The van der Waals surface area contributed by atoms with Crippen molar-refractivity contribution in [2.45, 2.75) is 19.9 Å². The maximum Gasteiger partial charge on any atom is 0.227 e. The van der Waals surface area contributed by atoms with Gasteiger partial charge in [0.15, 0.2) is 0 Å². The number of nitrogens with zero attached hydrogens (tertiary/aromatic N) is 1. The molecule has 0 fully saturated rings. The minimum atomic E-state index is 0.0545. The molecule has 19 heavy (non-hydrogen) atoms. The average molecular weight is 258 g/mol. The third-order valence-electron chi connectivity index (χ3n) is 2.95. The highest BCUT2D eigenvalue weighted by atomic mass is 16.3. The fourth-order valence-corrected chi connectivity index (χ4v) is 1.84. The Balaban J connectivity index is 1.94. The van der Waals surface area contributed by atoms with Crippen LogP contribution in [0.4, 0.5) is 5.69 Å². The zero-order valence-electron chi connectivity index (χ0n) is 11.2. The van der Waals surface area contributed by atoms with Gasteiger partial charge in [-0.05, 0) is 36.8 Å². The van der Waals surface area contributed by atoms with Crippen molar-refractivity contribution in [3.05, 3.63) is 53.5 Å². The van der Waals surface area contributed by atoms with E-state index in [4.69, 9.17) is 10.2 Å². The number of hydrogen-bond acceptors (Lipinski definition) is 3. The number of anilines is 1. The molecule has 0 radical (unpaired) electrons. The Bertz CT molecular complexity index is 558. The SMILES string of the molecule is Cc1ccc(CN(C)C(=O)Cc2ccc(N)cc2)o1. The van der Waals surface area contributed by atoms with E-state index in [1.807, 2.05) is 31.2 Å². The molecule has 0 saturated carbocycles. The molecule has 0 aliphatic rings. The highest BCUT2D eigenvalue weighted by Crippen LogP contribution is 2.11. The van der Waals surface area contributed by atoms with Crippen molar-refractivity contribution >= 4 is 11.6 Å². The van der Waals surface area contributed by atoms with E-state index < -0.39 is 0 Å². The normalized spacial score (nSPS) is 10.4. The molecular formula is C15H18N2O2. The molecule has 1 aromatic carbocycles. The minimum Gasteiger partial charge on any atom is -0.464 e. The third kappa shape index (κ3) is 3.61. The van der Waals surface area contributed by atoms with Gasteiger partial charge >= 0.3 is 0 Å². The number of aryl methyl sites for hydroxylation is 1. The van der Waals surface area contributed by atoms with Gasteiger partial charge in [0, 0.05) is 12.7 Å². The van der Waals surface area contributed by atoms with Crippen molar-refractivity contribution in [2.75, 3.05) is 12.8 Å². The number of likely N-dealkylation sites (N-methyl/N-ethyl adjacent to an activating group) is 1. The van der Waals surface area contributed by atoms with Gasteiger partial charge in [-0.3, -0.25) is 4.79 Å². The lowest BCUT2D eigenvalue weighted by molar-refractivity contribution is -0.129. The lowest BCUT2D eigenvalue weighted by Crippen LogP contribution is -2.27. The van der Waals surface area contributed by atoms with Crippen LogP contribution in [-0.4, -0.2) is 17.9 Å². The monoisotopic (exact) mass is 258 g/mol. The number of nitrogens with two attached hydrogens (primary N) is 1. The molecule has 2 rings (SSSR count). The molecule has 0 aliphatic heterocycles. The topological polar surface area (TPSA) is 59.5 Å². The summed E-state index contributed by atoms with van der Waals surface area (Å²) in [6.45, 7) is 2.38. The zero-order valence-corrected chi connectivity index (χ0v) is 11.2. The number of benzene rings is 1. The summed E-state index contributed by atoms with van der Waals surface area (Å²) in [4.78, 5) is 13.7. The van der Waals surface area contributed by atoms with Gasteiger partial charge in [-0.2, -0.15) is 0 Å². The predicted molar refractivity (Wildman–Crippen MR) is 74.5 cm³/mol. The number of carbonyl (C=O) groups is 1. The Kier molecular flexibility index (Phi) is 3.90. The van der Waals surface area contributed by atoms with Crippen molar-refractivity contribution in [2.24, 2.45) is 0 Å². The number of carbonyl (C=O) groups excluding carboxylic acids is 1. The summed E-state index contributed by atoms with van der Waals surface area (Å²) in [5.74, 6) is 1.71. The van der Waals surface area contributed by atoms with Crippen LogP contribution in [0.1, 0.15) is 17.1 Å². The van der Waals surface area contributed by atoms with Crippen LogP contribution in [0.15, 0.2) is 40.8 Å². The maximum absolute atomic E-state index is 12.1. The fraction of sp³-hybridized carbons (Fsp3) is 0.267. The molecular weight excluding hydrogens is 240 g/mol. The molecule has 0 spiro atoms. The Morgan fingerprint density at radius 3 is 2.47 bits per heavy atom. The molecule has 0 saturated heterocycles. The first-order valence-corrected chi connectivity index (χ1v) is 6.18. The largest absolute Gasteiger partial charge is 0.464 e. The Hall–Kier alpha value is -2.23. The van der Waals surface area contributed by atoms with Gasteiger partial charge in [-0.1, -0.05) is 12.1 Å². The second-order valence-electron chi connectivity index (χ2n) is 4.68. The summed E-state index contributed by atoms with van der Waals surface area (Å²) in [6.07, 6.45) is 0.371. The lowest BCUT2D eigenvalue weighted by atomic mass is 10.1. The second kappa shape index (κ2) is 5.61. The molecule has 2 aromatic rings. The second-order valence-corrected chi connectivity index (χ2v) is 4.68. The van der Waals surface area contributed by atoms with Crippen LogP contribution in [0.2, 0.25) is 0 Å². The van der Waals surface area contributed by atoms with Crippen LogP contribution >= 0.6 is 0 Å². The molecule has 1 aromatic heterocycles. The van der Waals surface area contributed by atoms with E-state index in [9.17, 15) is 4.79 Å². The quantitative estimate of drug-likeness (QED) is 0.856. The lowest BCUT2D eigenvalue weighted by Gasteiger charge is -2.15. The van der Waals surface area contributed by atoms with Gasteiger partial charge in [-0.15, -0.1) is 0 Å².